The molecule has 1 unspecified atom stereocenters. The summed E-state index contributed by atoms with van der Waals surface area (Å²) in [5.41, 5.74) is 15.5. The molecule has 0 spiro atoms. The van der Waals surface area contributed by atoms with Gasteiger partial charge in [-0.1, -0.05) is 71.6 Å². The Bertz CT molecular complexity index is 1820. The standard InChI is InChI=1S/C29H35BN6.C9H15NO.C4H10.C2H6O.CH5N/c1-8-10-11-21(9-2)29-26(34(5)6)17-31-20(4)28(29)27(19(3)24-16-32-35(7)18-24)22-12-13-25-23(14-22)15-33-36(25)30;1-8(10-2)9(6-7-11)4-3-5-9;1-3-4-2;1-2-3;1-2/h9,12-18,21H,2,8,10-11H2,1,3-7H3;7,10H,1,3-6H2,2H3;3-4H2,1-2H3;3H,2H2,1H3;2H2,1H3/b27-19+;;;;. The number of aromatic nitrogens is 5. The minimum Gasteiger partial charge on any atom is -0.397 e. The van der Waals surface area contributed by atoms with E-state index in [-0.39, 0.29) is 17.9 Å². The number of aryl methyl sites for hydroxylation is 2. The van der Waals surface area contributed by atoms with Crippen molar-refractivity contribution in [1.82, 2.24) is 29.8 Å². The summed E-state index contributed by atoms with van der Waals surface area (Å²) in [7, 11) is 15.5. The number of carbonyl (C=O) groups is 1. The van der Waals surface area contributed by atoms with E-state index in [4.69, 9.17) is 18.1 Å². The van der Waals surface area contributed by atoms with E-state index in [2.05, 4.69) is 112 Å². The molecule has 1 fully saturated rings. The molecule has 1 aliphatic rings. The molecular weight excluding hydrogens is 695 g/mol. The second kappa shape index (κ2) is 25.6. The molecule has 3 heterocycles. The number of allylic oxidation sites excluding steroid dienone is 3. The van der Waals surface area contributed by atoms with Gasteiger partial charge in [-0.3, -0.25) is 9.67 Å². The summed E-state index contributed by atoms with van der Waals surface area (Å²) in [6.45, 7) is 21.0. The Labute approximate surface area is 339 Å². The van der Waals surface area contributed by atoms with Crippen molar-refractivity contribution < 1.29 is 9.90 Å². The third kappa shape index (κ3) is 13.1. The topological polar surface area (TPSA) is 127 Å². The molecule has 1 aromatic carbocycles. The van der Waals surface area contributed by atoms with Gasteiger partial charge in [0.15, 0.2) is 0 Å². The zero-order valence-electron chi connectivity index (χ0n) is 36.5. The number of nitrogens with two attached hydrogens (primary N) is 1. The number of aldehydes is 1. The summed E-state index contributed by atoms with van der Waals surface area (Å²) in [6, 6.07) is 6.33. The number of fused-ring (bicyclic) bond motifs is 1. The van der Waals surface area contributed by atoms with Gasteiger partial charge in [-0.25, -0.2) is 0 Å². The predicted molar refractivity (Wildman–Crippen MR) is 240 cm³/mol. The fourth-order valence-electron chi connectivity index (χ4n) is 6.64. The van der Waals surface area contributed by atoms with E-state index >= 15 is 0 Å². The fourth-order valence-corrected chi connectivity index (χ4v) is 6.64. The summed E-state index contributed by atoms with van der Waals surface area (Å²) in [5.74, 6) is 0.200. The number of unbranched alkanes of at least 4 members (excludes halogenated alkanes) is 2. The van der Waals surface area contributed by atoms with Crippen molar-refractivity contribution in [2.75, 3.05) is 39.7 Å². The van der Waals surface area contributed by atoms with Crippen LogP contribution in [-0.2, 0) is 11.8 Å². The van der Waals surface area contributed by atoms with Crippen LogP contribution < -0.4 is 16.0 Å². The van der Waals surface area contributed by atoms with Gasteiger partial charge in [0.2, 0.25) is 0 Å². The maximum Gasteiger partial charge on any atom is 0.265 e. The predicted octanol–water partition coefficient (Wildman–Crippen LogP) is 8.77. The van der Waals surface area contributed by atoms with E-state index in [1.807, 2.05) is 43.4 Å². The largest absolute Gasteiger partial charge is 0.397 e. The summed E-state index contributed by atoms with van der Waals surface area (Å²) < 4.78 is 3.26. The third-order valence-corrected chi connectivity index (χ3v) is 10.2. The normalized spacial score (nSPS) is 13.3. The van der Waals surface area contributed by atoms with Crippen molar-refractivity contribution in [3.8, 4) is 0 Å². The fraction of sp³-hybridized carbons (Fsp3) is 0.511. The number of nitrogens with one attached hydrogen (secondary N) is 1. The van der Waals surface area contributed by atoms with Crippen molar-refractivity contribution in [1.29, 1.82) is 0 Å². The van der Waals surface area contributed by atoms with E-state index in [0.717, 1.165) is 94.2 Å². The molecule has 4 N–H and O–H groups in total. The van der Waals surface area contributed by atoms with Gasteiger partial charge in [0.05, 0.1) is 29.8 Å². The highest BCUT2D eigenvalue weighted by Crippen LogP contribution is 2.47. The van der Waals surface area contributed by atoms with E-state index in [1.54, 1.807) is 6.92 Å². The van der Waals surface area contributed by atoms with Crippen LogP contribution in [0.25, 0.3) is 22.0 Å². The molecule has 0 bridgehead atoms. The summed E-state index contributed by atoms with van der Waals surface area (Å²) in [4.78, 5) is 17.4. The number of hydrogen-bond acceptors (Lipinski definition) is 8. The van der Waals surface area contributed by atoms with Crippen LogP contribution in [-0.4, -0.2) is 78.6 Å². The molecular formula is C45H71BN8O2. The first kappa shape index (κ1) is 49.5. The first-order chi connectivity index (χ1) is 26.8. The number of nitrogens with zero attached hydrogens (tertiary/aromatic N) is 6. The third-order valence-electron chi connectivity index (χ3n) is 10.2. The molecule has 5 rings (SSSR count). The number of aliphatic hydroxyl groups excluding tert-OH is 1. The van der Waals surface area contributed by atoms with E-state index in [9.17, 15) is 4.79 Å². The van der Waals surface area contributed by atoms with Crippen molar-refractivity contribution >= 4 is 42.0 Å². The van der Waals surface area contributed by atoms with Gasteiger partial charge in [-0.15, -0.1) is 6.58 Å². The van der Waals surface area contributed by atoms with Crippen molar-refractivity contribution in [3.63, 3.8) is 0 Å². The Morgan fingerprint density at radius 2 is 1.73 bits per heavy atom. The smallest absolute Gasteiger partial charge is 0.265 e. The molecule has 1 aliphatic carbocycles. The molecule has 0 amide bonds. The van der Waals surface area contributed by atoms with Gasteiger partial charge in [0.1, 0.15) is 6.29 Å². The molecule has 0 aliphatic heterocycles. The number of benzene rings is 1. The molecule has 2 radical (unpaired) electrons. The highest BCUT2D eigenvalue weighted by Gasteiger charge is 2.38. The minimum absolute atomic E-state index is 0.108. The molecule has 1 saturated carbocycles. The van der Waals surface area contributed by atoms with E-state index in [1.165, 1.54) is 36.5 Å². The van der Waals surface area contributed by atoms with Crippen LogP contribution >= 0.6 is 0 Å². The van der Waals surface area contributed by atoms with Crippen LogP contribution in [0.4, 0.5) is 5.69 Å². The van der Waals surface area contributed by atoms with Gasteiger partial charge >= 0.3 is 0 Å². The molecule has 10 nitrogen and oxygen atoms in total. The lowest BCUT2D eigenvalue weighted by atomic mass is 9.65. The highest BCUT2D eigenvalue weighted by atomic mass is 16.2. The summed E-state index contributed by atoms with van der Waals surface area (Å²) >= 11 is 0. The number of hydrogen-bond donors (Lipinski definition) is 3. The summed E-state index contributed by atoms with van der Waals surface area (Å²) in [6.07, 6.45) is 20.9. The first-order valence-corrected chi connectivity index (χ1v) is 20.1. The second-order valence-corrected chi connectivity index (χ2v) is 14.2. The van der Waals surface area contributed by atoms with Gasteiger partial charge < -0.3 is 30.4 Å². The Morgan fingerprint density at radius 3 is 2.20 bits per heavy atom. The van der Waals surface area contributed by atoms with Crippen LogP contribution in [0.2, 0.25) is 0 Å². The molecule has 1 atom stereocenters. The zero-order chi connectivity index (χ0) is 42.4. The summed E-state index contributed by atoms with van der Waals surface area (Å²) in [5, 5.41) is 20.3. The number of pyridine rings is 1. The monoisotopic (exact) mass is 767 g/mol. The van der Waals surface area contributed by atoms with Crippen LogP contribution in [0.3, 0.4) is 0 Å². The lowest BCUT2D eigenvalue weighted by Gasteiger charge is -2.42. The van der Waals surface area contributed by atoms with Crippen LogP contribution in [0, 0.1) is 12.3 Å². The van der Waals surface area contributed by atoms with Gasteiger partial charge in [-0.2, -0.15) is 10.2 Å². The molecule has 4 aromatic rings. The van der Waals surface area contributed by atoms with Crippen molar-refractivity contribution in [2.24, 2.45) is 18.2 Å². The average molecular weight is 767 g/mol. The quantitative estimate of drug-likeness (QED) is 0.0661. The Hall–Kier alpha value is -4.48. The van der Waals surface area contributed by atoms with Gasteiger partial charge in [0, 0.05) is 86.7 Å². The number of carbonyl (C=O) groups excluding carboxylic acids is 1. The zero-order valence-corrected chi connectivity index (χ0v) is 36.5. The SMILES string of the molecule is C=C(NC)C1(CC=O)CCC1.CCCC.CCO.CN.[B]n1ncc2cc(/C(=C(/C)c3cnn(C)c3)c3c(C)ncc(N(C)C)c3C(C=C)CCCC)ccc21. The van der Waals surface area contributed by atoms with Crippen LogP contribution in [0.1, 0.15) is 126 Å². The maximum atomic E-state index is 10.4. The van der Waals surface area contributed by atoms with Crippen molar-refractivity contribution in [3.05, 3.63) is 95.9 Å². The Morgan fingerprint density at radius 1 is 1.09 bits per heavy atom. The maximum absolute atomic E-state index is 10.4. The van der Waals surface area contributed by atoms with E-state index < -0.39 is 0 Å². The van der Waals surface area contributed by atoms with Crippen LogP contribution in [0.15, 0.2) is 67.9 Å². The highest BCUT2D eigenvalue weighted by molar-refractivity contribution is 6.11. The van der Waals surface area contributed by atoms with Crippen molar-refractivity contribution in [2.45, 2.75) is 105 Å². The van der Waals surface area contributed by atoms with Crippen LogP contribution in [0.5, 0.6) is 0 Å². The average Bonchev–Trinajstić information content (AvgIpc) is 3.80. The molecule has 3 aromatic heterocycles. The Balaban J connectivity index is 0.000000646. The molecule has 306 valence electrons. The lowest BCUT2D eigenvalue weighted by molar-refractivity contribution is -0.110. The molecule has 11 heteroatoms. The second-order valence-electron chi connectivity index (χ2n) is 14.2. The number of anilines is 1. The first-order valence-electron chi connectivity index (χ1n) is 20.1. The number of rotatable bonds is 14. The van der Waals surface area contributed by atoms with Gasteiger partial charge in [-0.05, 0) is 81.5 Å². The number of aliphatic hydroxyl groups is 1. The molecule has 56 heavy (non-hydrogen) atoms. The minimum atomic E-state index is 0.108. The lowest BCUT2D eigenvalue weighted by Crippen LogP contribution is -2.36. The van der Waals surface area contributed by atoms with Gasteiger partial charge in [0.25, 0.3) is 7.98 Å². The molecule has 0 saturated heterocycles. The van der Waals surface area contributed by atoms with E-state index in [0.29, 0.717) is 6.42 Å². The Kier molecular flexibility index (Phi) is 22.7.